The lowest BCUT2D eigenvalue weighted by Crippen LogP contribution is -2.15. The number of nitrogens with zero attached hydrogens (tertiary/aromatic N) is 2. The summed E-state index contributed by atoms with van der Waals surface area (Å²) in [6, 6.07) is 1.99. The van der Waals surface area contributed by atoms with Gasteiger partial charge in [-0.2, -0.15) is 0 Å². The van der Waals surface area contributed by atoms with E-state index in [2.05, 4.69) is 4.98 Å². The van der Waals surface area contributed by atoms with Gasteiger partial charge in [-0.05, 0) is 26.7 Å². The molecular formula is C13H20N2O2. The van der Waals surface area contributed by atoms with Crippen molar-refractivity contribution in [3.05, 3.63) is 12.3 Å². The van der Waals surface area contributed by atoms with E-state index in [1.165, 1.54) is 0 Å². The first-order valence-electron chi connectivity index (χ1n) is 6.07. The Labute approximate surface area is 103 Å². The monoisotopic (exact) mass is 236 g/mol. The van der Waals surface area contributed by atoms with Gasteiger partial charge in [0, 0.05) is 20.2 Å². The molecule has 4 heteroatoms. The predicted octanol–water partition coefficient (Wildman–Crippen LogP) is 2.48. The Balaban J connectivity index is 2.19. The fourth-order valence-electron chi connectivity index (χ4n) is 1.50. The van der Waals surface area contributed by atoms with Crippen molar-refractivity contribution >= 4 is 5.69 Å². The Morgan fingerprint density at radius 2 is 2.06 bits per heavy atom. The lowest BCUT2D eigenvalue weighted by molar-refractivity contribution is 0.232. The molecule has 0 radical (unpaired) electrons. The second kappa shape index (κ2) is 4.82. The van der Waals surface area contributed by atoms with Crippen LogP contribution in [-0.4, -0.2) is 31.3 Å². The van der Waals surface area contributed by atoms with Crippen molar-refractivity contribution in [2.24, 2.45) is 0 Å². The van der Waals surface area contributed by atoms with E-state index < -0.39 is 0 Å². The van der Waals surface area contributed by atoms with Crippen LogP contribution in [0.15, 0.2) is 12.3 Å². The molecule has 0 aromatic carbocycles. The highest BCUT2D eigenvalue weighted by Gasteiger charge is 2.24. The average molecular weight is 236 g/mol. The fourth-order valence-corrected chi connectivity index (χ4v) is 1.50. The van der Waals surface area contributed by atoms with E-state index >= 15 is 0 Å². The first-order chi connectivity index (χ1) is 8.06. The smallest absolute Gasteiger partial charge is 0.238 e. The van der Waals surface area contributed by atoms with Gasteiger partial charge in [0.2, 0.25) is 5.88 Å². The molecule has 0 N–H and O–H groups in total. The molecule has 1 aromatic heterocycles. The summed E-state index contributed by atoms with van der Waals surface area (Å²) < 4.78 is 11.4. The van der Waals surface area contributed by atoms with Crippen LogP contribution in [0.4, 0.5) is 5.69 Å². The maximum absolute atomic E-state index is 5.73. The van der Waals surface area contributed by atoms with Crippen LogP contribution in [0.3, 0.4) is 0 Å². The molecule has 0 aliphatic heterocycles. The molecule has 0 spiro atoms. The number of ether oxygens (including phenoxy) is 2. The van der Waals surface area contributed by atoms with E-state index in [4.69, 9.17) is 9.47 Å². The molecule has 1 aliphatic rings. The summed E-state index contributed by atoms with van der Waals surface area (Å²) >= 11 is 0. The molecule has 0 amide bonds. The van der Waals surface area contributed by atoms with Crippen molar-refractivity contribution < 1.29 is 9.47 Å². The van der Waals surface area contributed by atoms with Crippen molar-refractivity contribution in [1.82, 2.24) is 4.98 Å². The number of hydrogen-bond donors (Lipinski definition) is 0. The molecular weight excluding hydrogens is 216 g/mol. The fraction of sp³-hybridized carbons (Fsp3) is 0.615. The van der Waals surface area contributed by atoms with Crippen LogP contribution in [0, 0.1) is 0 Å². The Bertz CT molecular complexity index is 387. The molecule has 0 bridgehead atoms. The van der Waals surface area contributed by atoms with Crippen molar-refractivity contribution in [1.29, 1.82) is 0 Å². The van der Waals surface area contributed by atoms with Gasteiger partial charge in [-0.25, -0.2) is 4.98 Å². The number of anilines is 1. The standard InChI is InChI=1S/C13H20N2O2/c1-9(2)16-13-12(15(3)4)7-11(8-14-13)17-10-5-6-10/h7-10H,5-6H2,1-4H3. The highest BCUT2D eigenvalue weighted by atomic mass is 16.5. The third-order valence-corrected chi connectivity index (χ3v) is 2.46. The zero-order valence-electron chi connectivity index (χ0n) is 10.9. The van der Waals surface area contributed by atoms with Gasteiger partial charge < -0.3 is 14.4 Å². The first-order valence-corrected chi connectivity index (χ1v) is 6.07. The van der Waals surface area contributed by atoms with Crippen LogP contribution in [0.1, 0.15) is 26.7 Å². The van der Waals surface area contributed by atoms with Gasteiger partial charge in [-0.3, -0.25) is 0 Å². The number of pyridine rings is 1. The predicted molar refractivity (Wildman–Crippen MR) is 68.0 cm³/mol. The van der Waals surface area contributed by atoms with Crippen LogP contribution < -0.4 is 14.4 Å². The first kappa shape index (κ1) is 12.0. The van der Waals surface area contributed by atoms with Crippen LogP contribution >= 0.6 is 0 Å². The molecule has 1 aromatic rings. The average Bonchev–Trinajstić information content (AvgIpc) is 3.03. The van der Waals surface area contributed by atoms with Gasteiger partial charge in [-0.1, -0.05) is 0 Å². The minimum Gasteiger partial charge on any atom is -0.489 e. The highest BCUT2D eigenvalue weighted by Crippen LogP contribution is 2.32. The van der Waals surface area contributed by atoms with E-state index in [1.54, 1.807) is 6.20 Å². The Hall–Kier alpha value is -1.45. The number of hydrogen-bond acceptors (Lipinski definition) is 4. The van der Waals surface area contributed by atoms with Gasteiger partial charge >= 0.3 is 0 Å². The summed E-state index contributed by atoms with van der Waals surface area (Å²) in [6.45, 7) is 3.99. The normalized spacial score (nSPS) is 14.9. The molecule has 17 heavy (non-hydrogen) atoms. The molecule has 4 nitrogen and oxygen atoms in total. The summed E-state index contributed by atoms with van der Waals surface area (Å²) in [5.41, 5.74) is 0.955. The second-order valence-corrected chi connectivity index (χ2v) is 4.87. The Morgan fingerprint density at radius 1 is 1.35 bits per heavy atom. The van der Waals surface area contributed by atoms with E-state index in [1.807, 2.05) is 38.9 Å². The zero-order chi connectivity index (χ0) is 12.4. The van der Waals surface area contributed by atoms with Crippen molar-refractivity contribution in [2.75, 3.05) is 19.0 Å². The topological polar surface area (TPSA) is 34.6 Å². The second-order valence-electron chi connectivity index (χ2n) is 4.87. The third-order valence-electron chi connectivity index (χ3n) is 2.46. The van der Waals surface area contributed by atoms with E-state index in [9.17, 15) is 0 Å². The maximum atomic E-state index is 5.73. The number of aromatic nitrogens is 1. The lowest BCUT2D eigenvalue weighted by Gasteiger charge is -2.19. The van der Waals surface area contributed by atoms with Crippen molar-refractivity contribution in [3.63, 3.8) is 0 Å². The Kier molecular flexibility index (Phi) is 3.41. The molecule has 1 fully saturated rings. The summed E-state index contributed by atoms with van der Waals surface area (Å²) in [5, 5.41) is 0. The van der Waals surface area contributed by atoms with Crippen molar-refractivity contribution in [2.45, 2.75) is 38.9 Å². The molecule has 1 aliphatic carbocycles. The molecule has 94 valence electrons. The van der Waals surface area contributed by atoms with E-state index in [0.717, 1.165) is 24.3 Å². The van der Waals surface area contributed by atoms with Crippen molar-refractivity contribution in [3.8, 4) is 11.6 Å². The summed E-state index contributed by atoms with van der Waals surface area (Å²) in [6.07, 6.45) is 4.56. The minimum atomic E-state index is 0.122. The van der Waals surface area contributed by atoms with Gasteiger partial charge in [0.25, 0.3) is 0 Å². The molecule has 0 unspecified atom stereocenters. The van der Waals surface area contributed by atoms with Gasteiger partial charge in [0.05, 0.1) is 18.4 Å². The van der Waals surface area contributed by atoms with Gasteiger partial charge in [-0.15, -0.1) is 0 Å². The quantitative estimate of drug-likeness (QED) is 0.786. The largest absolute Gasteiger partial charge is 0.489 e. The summed E-state index contributed by atoms with van der Waals surface area (Å²) in [4.78, 5) is 6.32. The third kappa shape index (κ3) is 3.25. The van der Waals surface area contributed by atoms with Gasteiger partial charge in [0.1, 0.15) is 11.4 Å². The van der Waals surface area contributed by atoms with Crippen LogP contribution in [0.5, 0.6) is 11.6 Å². The van der Waals surface area contributed by atoms with E-state index in [-0.39, 0.29) is 6.10 Å². The van der Waals surface area contributed by atoms with Gasteiger partial charge in [0.15, 0.2) is 0 Å². The molecule has 1 saturated carbocycles. The molecule has 1 heterocycles. The van der Waals surface area contributed by atoms with Crippen LogP contribution in [0.25, 0.3) is 0 Å². The minimum absolute atomic E-state index is 0.122. The Morgan fingerprint density at radius 3 is 2.59 bits per heavy atom. The van der Waals surface area contributed by atoms with E-state index in [0.29, 0.717) is 12.0 Å². The lowest BCUT2D eigenvalue weighted by atomic mass is 10.3. The van der Waals surface area contributed by atoms with Crippen LogP contribution in [0.2, 0.25) is 0 Å². The molecule has 0 saturated heterocycles. The molecule has 0 atom stereocenters. The zero-order valence-corrected chi connectivity index (χ0v) is 10.9. The highest BCUT2D eigenvalue weighted by molar-refractivity contribution is 5.56. The van der Waals surface area contributed by atoms with Crippen LogP contribution in [-0.2, 0) is 0 Å². The number of rotatable bonds is 5. The molecule has 2 rings (SSSR count). The summed E-state index contributed by atoms with van der Waals surface area (Å²) in [7, 11) is 3.95. The SMILES string of the molecule is CC(C)Oc1ncc(OC2CC2)cc1N(C)C. The summed E-state index contributed by atoms with van der Waals surface area (Å²) in [5.74, 6) is 1.49. The maximum Gasteiger partial charge on any atom is 0.238 e.